The molecular formula is C14H22N2O3S. The van der Waals surface area contributed by atoms with Crippen molar-refractivity contribution in [2.75, 3.05) is 25.0 Å². The first-order chi connectivity index (χ1) is 9.51. The second-order valence-electron chi connectivity index (χ2n) is 5.35. The molecule has 0 aromatic heterocycles. The van der Waals surface area contributed by atoms with E-state index in [0.29, 0.717) is 6.54 Å². The van der Waals surface area contributed by atoms with E-state index in [9.17, 15) is 8.42 Å². The highest BCUT2D eigenvalue weighted by atomic mass is 32.2. The number of anilines is 1. The van der Waals surface area contributed by atoms with Crippen molar-refractivity contribution in [3.63, 3.8) is 0 Å². The van der Waals surface area contributed by atoms with Crippen molar-refractivity contribution in [3.05, 3.63) is 24.3 Å². The van der Waals surface area contributed by atoms with Crippen molar-refractivity contribution in [2.24, 2.45) is 5.41 Å². The summed E-state index contributed by atoms with van der Waals surface area (Å²) in [6, 6.07) is 6.76. The SMILES string of the molecule is CCNS(=O)(=O)c1ccc(NCC2(CCO)CC2)cc1. The fourth-order valence-electron chi connectivity index (χ4n) is 2.24. The summed E-state index contributed by atoms with van der Waals surface area (Å²) in [6.07, 6.45) is 3.12. The van der Waals surface area contributed by atoms with Gasteiger partial charge in [0.15, 0.2) is 0 Å². The quantitative estimate of drug-likeness (QED) is 0.680. The zero-order valence-corrected chi connectivity index (χ0v) is 12.5. The van der Waals surface area contributed by atoms with Crippen LogP contribution in [0, 0.1) is 5.41 Å². The Morgan fingerprint density at radius 3 is 2.40 bits per heavy atom. The number of aliphatic hydroxyl groups excluding tert-OH is 1. The Hall–Kier alpha value is -1.11. The molecule has 20 heavy (non-hydrogen) atoms. The number of nitrogens with one attached hydrogen (secondary N) is 2. The molecule has 0 saturated heterocycles. The normalized spacial score (nSPS) is 16.9. The molecule has 0 aliphatic heterocycles. The largest absolute Gasteiger partial charge is 0.396 e. The van der Waals surface area contributed by atoms with E-state index in [0.717, 1.165) is 31.5 Å². The summed E-state index contributed by atoms with van der Waals surface area (Å²) in [4.78, 5) is 0.279. The molecule has 1 aliphatic rings. The molecule has 0 amide bonds. The zero-order valence-electron chi connectivity index (χ0n) is 11.7. The first-order valence-corrected chi connectivity index (χ1v) is 8.44. The van der Waals surface area contributed by atoms with Gasteiger partial charge in [0.2, 0.25) is 10.0 Å². The van der Waals surface area contributed by atoms with Gasteiger partial charge in [0.05, 0.1) is 4.90 Å². The molecule has 0 spiro atoms. The van der Waals surface area contributed by atoms with Crippen LogP contribution in [0.5, 0.6) is 0 Å². The minimum Gasteiger partial charge on any atom is -0.396 e. The lowest BCUT2D eigenvalue weighted by Gasteiger charge is -2.15. The Balaban J connectivity index is 1.95. The number of hydrogen-bond acceptors (Lipinski definition) is 4. The first-order valence-electron chi connectivity index (χ1n) is 6.96. The molecule has 0 radical (unpaired) electrons. The maximum atomic E-state index is 11.8. The second-order valence-corrected chi connectivity index (χ2v) is 7.12. The van der Waals surface area contributed by atoms with Gasteiger partial charge < -0.3 is 10.4 Å². The van der Waals surface area contributed by atoms with Crippen LogP contribution in [0.15, 0.2) is 29.2 Å². The zero-order chi connectivity index (χ0) is 14.6. The number of benzene rings is 1. The standard InChI is InChI=1S/C14H22N2O3S/c1-2-16-20(18,19)13-5-3-12(4-6-13)15-11-14(7-8-14)9-10-17/h3-6,15-17H,2,7-11H2,1H3. The van der Waals surface area contributed by atoms with Gasteiger partial charge in [-0.3, -0.25) is 0 Å². The Kier molecular flexibility index (Phi) is 4.67. The molecular weight excluding hydrogens is 276 g/mol. The molecule has 1 aromatic rings. The lowest BCUT2D eigenvalue weighted by atomic mass is 10.0. The van der Waals surface area contributed by atoms with E-state index < -0.39 is 10.0 Å². The van der Waals surface area contributed by atoms with Crippen molar-refractivity contribution in [1.29, 1.82) is 0 Å². The second kappa shape index (κ2) is 6.11. The maximum Gasteiger partial charge on any atom is 0.240 e. The summed E-state index contributed by atoms with van der Waals surface area (Å²) >= 11 is 0. The number of hydrogen-bond donors (Lipinski definition) is 3. The highest BCUT2D eigenvalue weighted by Crippen LogP contribution is 2.48. The van der Waals surface area contributed by atoms with E-state index in [2.05, 4.69) is 10.0 Å². The van der Waals surface area contributed by atoms with Crippen LogP contribution < -0.4 is 10.0 Å². The molecule has 2 rings (SSSR count). The van der Waals surface area contributed by atoms with Gasteiger partial charge in [0.1, 0.15) is 0 Å². The molecule has 1 aliphatic carbocycles. The molecule has 0 bridgehead atoms. The molecule has 0 atom stereocenters. The number of sulfonamides is 1. The predicted octanol–water partition coefficient (Wildman–Crippen LogP) is 1.56. The van der Waals surface area contributed by atoms with Crippen LogP contribution in [0.2, 0.25) is 0 Å². The molecule has 1 fully saturated rings. The fourth-order valence-corrected chi connectivity index (χ4v) is 3.29. The van der Waals surface area contributed by atoms with Crippen LogP contribution in [0.1, 0.15) is 26.2 Å². The van der Waals surface area contributed by atoms with E-state index in [1.807, 2.05) is 0 Å². The minimum absolute atomic E-state index is 0.224. The van der Waals surface area contributed by atoms with Crippen LogP contribution in [0.25, 0.3) is 0 Å². The van der Waals surface area contributed by atoms with Crippen molar-refractivity contribution >= 4 is 15.7 Å². The van der Waals surface area contributed by atoms with E-state index in [4.69, 9.17) is 5.11 Å². The van der Waals surface area contributed by atoms with Crippen LogP contribution >= 0.6 is 0 Å². The highest BCUT2D eigenvalue weighted by Gasteiger charge is 2.41. The van der Waals surface area contributed by atoms with Crippen LogP contribution in [-0.2, 0) is 10.0 Å². The van der Waals surface area contributed by atoms with Gasteiger partial charge >= 0.3 is 0 Å². The monoisotopic (exact) mass is 298 g/mol. The Bertz CT molecular complexity index is 536. The van der Waals surface area contributed by atoms with Gasteiger partial charge in [-0.05, 0) is 48.9 Å². The molecule has 112 valence electrons. The molecule has 0 unspecified atom stereocenters. The Morgan fingerprint density at radius 1 is 1.25 bits per heavy atom. The molecule has 5 nitrogen and oxygen atoms in total. The molecule has 1 saturated carbocycles. The van der Waals surface area contributed by atoms with Crippen molar-refractivity contribution in [3.8, 4) is 0 Å². The Labute approximate surface area is 120 Å². The molecule has 3 N–H and O–H groups in total. The van der Waals surface area contributed by atoms with Gasteiger partial charge in [-0.2, -0.15) is 0 Å². The summed E-state index contributed by atoms with van der Waals surface area (Å²) in [5.74, 6) is 0. The summed E-state index contributed by atoms with van der Waals surface area (Å²) in [6.45, 7) is 3.18. The average Bonchev–Trinajstić information content (AvgIpc) is 3.18. The van der Waals surface area contributed by atoms with Crippen LogP contribution in [-0.4, -0.2) is 33.2 Å². The third-order valence-electron chi connectivity index (χ3n) is 3.77. The maximum absolute atomic E-state index is 11.8. The minimum atomic E-state index is -3.38. The fraction of sp³-hybridized carbons (Fsp3) is 0.571. The summed E-state index contributed by atoms with van der Waals surface area (Å²) in [5, 5.41) is 12.3. The molecule has 0 heterocycles. The van der Waals surface area contributed by atoms with Gasteiger partial charge in [-0.1, -0.05) is 6.92 Å². The summed E-state index contributed by atoms with van der Waals surface area (Å²) < 4.78 is 26.1. The first kappa shape index (κ1) is 15.3. The highest BCUT2D eigenvalue weighted by molar-refractivity contribution is 7.89. The third kappa shape index (κ3) is 3.71. The van der Waals surface area contributed by atoms with Crippen molar-refractivity contribution in [1.82, 2.24) is 4.72 Å². The topological polar surface area (TPSA) is 78.4 Å². The third-order valence-corrected chi connectivity index (χ3v) is 5.33. The van der Waals surface area contributed by atoms with Gasteiger partial charge in [-0.15, -0.1) is 0 Å². The molecule has 1 aromatic carbocycles. The van der Waals surface area contributed by atoms with E-state index in [1.165, 1.54) is 0 Å². The lowest BCUT2D eigenvalue weighted by molar-refractivity contribution is 0.253. The van der Waals surface area contributed by atoms with Crippen molar-refractivity contribution in [2.45, 2.75) is 31.1 Å². The average molecular weight is 298 g/mol. The van der Waals surface area contributed by atoms with E-state index in [1.54, 1.807) is 31.2 Å². The Morgan fingerprint density at radius 2 is 1.90 bits per heavy atom. The van der Waals surface area contributed by atoms with Crippen LogP contribution in [0.4, 0.5) is 5.69 Å². The van der Waals surface area contributed by atoms with E-state index >= 15 is 0 Å². The predicted molar refractivity (Wildman–Crippen MR) is 79.2 cm³/mol. The van der Waals surface area contributed by atoms with Crippen molar-refractivity contribution < 1.29 is 13.5 Å². The number of rotatable bonds is 8. The van der Waals surface area contributed by atoms with Crippen LogP contribution in [0.3, 0.4) is 0 Å². The smallest absolute Gasteiger partial charge is 0.240 e. The van der Waals surface area contributed by atoms with E-state index in [-0.39, 0.29) is 16.9 Å². The summed E-state index contributed by atoms with van der Waals surface area (Å²) in [7, 11) is -3.38. The van der Waals surface area contributed by atoms with Gasteiger partial charge in [0.25, 0.3) is 0 Å². The molecule has 6 heteroatoms. The summed E-state index contributed by atoms with van der Waals surface area (Å²) in [5.41, 5.74) is 1.15. The lowest BCUT2D eigenvalue weighted by Crippen LogP contribution is -2.23. The van der Waals surface area contributed by atoms with Gasteiger partial charge in [-0.25, -0.2) is 13.1 Å². The van der Waals surface area contributed by atoms with Gasteiger partial charge in [0, 0.05) is 25.4 Å². The number of aliphatic hydroxyl groups is 1.